The van der Waals surface area contributed by atoms with Gasteiger partial charge in [0.25, 0.3) is 0 Å². The molecule has 1 aromatic rings. The number of nitrogens with two attached hydrogens (primary N) is 1. The van der Waals surface area contributed by atoms with Crippen molar-refractivity contribution in [1.82, 2.24) is 9.80 Å². The molecule has 28 heavy (non-hydrogen) atoms. The standard InChI is InChI=1S/C19H23F3N4O2/c20-19(21,22)15-10-25(11-15)16-3-1-12(2-4-16)14-8-26(9-14)18(28)24-6-5-13(7-24)17(23)27/h1-4,13-15H,5-11H2,(H2,23,27). The Bertz CT molecular complexity index is 755. The highest BCUT2D eigenvalue weighted by molar-refractivity contribution is 5.80. The number of hydrogen-bond donors (Lipinski definition) is 1. The van der Waals surface area contributed by atoms with Gasteiger partial charge in [-0.2, -0.15) is 13.2 Å². The molecule has 1 atom stereocenters. The lowest BCUT2D eigenvalue weighted by Crippen LogP contribution is -2.53. The molecule has 2 N–H and O–H groups in total. The average molecular weight is 396 g/mol. The minimum Gasteiger partial charge on any atom is -0.370 e. The predicted octanol–water partition coefficient (Wildman–Crippen LogP) is 2.01. The maximum Gasteiger partial charge on any atom is 0.395 e. The largest absolute Gasteiger partial charge is 0.395 e. The van der Waals surface area contributed by atoms with Crippen LogP contribution in [0.15, 0.2) is 24.3 Å². The molecule has 0 bridgehead atoms. The van der Waals surface area contributed by atoms with E-state index in [4.69, 9.17) is 5.73 Å². The number of amides is 3. The molecular weight excluding hydrogens is 373 g/mol. The van der Waals surface area contributed by atoms with Gasteiger partial charge in [-0.05, 0) is 24.1 Å². The molecule has 3 fully saturated rings. The third kappa shape index (κ3) is 3.49. The van der Waals surface area contributed by atoms with E-state index in [0.717, 1.165) is 11.3 Å². The fraction of sp³-hybridized carbons (Fsp3) is 0.579. The summed E-state index contributed by atoms with van der Waals surface area (Å²) in [6.45, 7) is 2.18. The number of urea groups is 1. The number of hydrogen-bond acceptors (Lipinski definition) is 3. The van der Waals surface area contributed by atoms with Crippen molar-refractivity contribution in [3.8, 4) is 0 Å². The summed E-state index contributed by atoms with van der Waals surface area (Å²) in [4.78, 5) is 28.9. The summed E-state index contributed by atoms with van der Waals surface area (Å²) in [5, 5.41) is 0. The van der Waals surface area contributed by atoms with Gasteiger partial charge in [0.05, 0.1) is 11.8 Å². The Balaban J connectivity index is 1.26. The zero-order chi connectivity index (χ0) is 20.1. The van der Waals surface area contributed by atoms with E-state index in [1.54, 1.807) is 14.7 Å². The molecule has 6 nitrogen and oxygen atoms in total. The summed E-state index contributed by atoms with van der Waals surface area (Å²) in [5.74, 6) is -1.63. The van der Waals surface area contributed by atoms with E-state index in [9.17, 15) is 22.8 Å². The van der Waals surface area contributed by atoms with Gasteiger partial charge in [-0.3, -0.25) is 4.79 Å². The maximum absolute atomic E-state index is 12.6. The second-order valence-corrected chi connectivity index (χ2v) is 7.95. The van der Waals surface area contributed by atoms with Crippen molar-refractivity contribution >= 4 is 17.6 Å². The van der Waals surface area contributed by atoms with Gasteiger partial charge in [-0.1, -0.05) is 12.1 Å². The lowest BCUT2D eigenvalue weighted by Gasteiger charge is -2.43. The van der Waals surface area contributed by atoms with Crippen LogP contribution in [0.25, 0.3) is 0 Å². The summed E-state index contributed by atoms with van der Waals surface area (Å²) in [5.41, 5.74) is 7.19. The normalized spacial score (nSPS) is 23.5. The van der Waals surface area contributed by atoms with Gasteiger partial charge in [0, 0.05) is 50.9 Å². The zero-order valence-corrected chi connectivity index (χ0v) is 15.4. The zero-order valence-electron chi connectivity index (χ0n) is 15.4. The molecule has 0 saturated carbocycles. The van der Waals surface area contributed by atoms with Gasteiger partial charge >= 0.3 is 12.2 Å². The van der Waals surface area contributed by atoms with Crippen molar-refractivity contribution in [3.05, 3.63) is 29.8 Å². The number of nitrogens with zero attached hydrogens (tertiary/aromatic N) is 3. The minimum absolute atomic E-state index is 0.0106. The van der Waals surface area contributed by atoms with Crippen LogP contribution in [0.5, 0.6) is 0 Å². The summed E-state index contributed by atoms with van der Waals surface area (Å²) in [7, 11) is 0. The minimum atomic E-state index is -4.12. The van der Waals surface area contributed by atoms with Crippen LogP contribution in [0.2, 0.25) is 0 Å². The number of benzene rings is 1. The number of rotatable bonds is 3. The Morgan fingerprint density at radius 3 is 2.14 bits per heavy atom. The fourth-order valence-corrected chi connectivity index (χ4v) is 4.07. The van der Waals surface area contributed by atoms with Crippen molar-refractivity contribution in [1.29, 1.82) is 0 Å². The van der Waals surface area contributed by atoms with Gasteiger partial charge < -0.3 is 20.4 Å². The van der Waals surface area contributed by atoms with Crippen molar-refractivity contribution in [2.24, 2.45) is 17.6 Å². The summed E-state index contributed by atoms with van der Waals surface area (Å²) < 4.78 is 37.8. The number of anilines is 1. The molecule has 3 saturated heterocycles. The van der Waals surface area contributed by atoms with Gasteiger partial charge in [-0.15, -0.1) is 0 Å². The molecular formula is C19H23F3N4O2. The Morgan fingerprint density at radius 2 is 1.61 bits per heavy atom. The molecule has 0 spiro atoms. The van der Waals surface area contributed by atoms with Gasteiger partial charge in [-0.25, -0.2) is 4.79 Å². The first-order valence-electron chi connectivity index (χ1n) is 9.47. The average Bonchev–Trinajstić information content (AvgIpc) is 3.02. The third-order valence-corrected chi connectivity index (χ3v) is 6.09. The molecule has 4 rings (SSSR count). The Hall–Kier alpha value is -2.45. The Kier molecular flexibility index (Phi) is 4.63. The van der Waals surface area contributed by atoms with Crippen LogP contribution in [0.3, 0.4) is 0 Å². The lowest BCUT2D eigenvalue weighted by molar-refractivity contribution is -0.180. The van der Waals surface area contributed by atoms with Crippen LogP contribution >= 0.6 is 0 Å². The predicted molar refractivity (Wildman–Crippen MR) is 96.8 cm³/mol. The first-order valence-corrected chi connectivity index (χ1v) is 9.47. The van der Waals surface area contributed by atoms with Crippen molar-refractivity contribution in [2.45, 2.75) is 18.5 Å². The quantitative estimate of drug-likeness (QED) is 0.850. The van der Waals surface area contributed by atoms with E-state index < -0.39 is 12.1 Å². The highest BCUT2D eigenvalue weighted by Gasteiger charge is 2.47. The van der Waals surface area contributed by atoms with Crippen LogP contribution in [-0.2, 0) is 4.79 Å². The monoisotopic (exact) mass is 396 g/mol. The molecule has 9 heteroatoms. The topological polar surface area (TPSA) is 69.9 Å². The lowest BCUT2D eigenvalue weighted by atomic mass is 9.91. The molecule has 3 aliphatic rings. The summed E-state index contributed by atoms with van der Waals surface area (Å²) >= 11 is 0. The van der Waals surface area contributed by atoms with Gasteiger partial charge in [0.1, 0.15) is 0 Å². The number of carbonyl (C=O) groups excluding carboxylic acids is 2. The molecule has 3 aliphatic heterocycles. The van der Waals surface area contributed by atoms with Crippen LogP contribution < -0.4 is 10.6 Å². The Morgan fingerprint density at radius 1 is 0.964 bits per heavy atom. The number of carbonyl (C=O) groups is 2. The molecule has 0 radical (unpaired) electrons. The van der Waals surface area contributed by atoms with Crippen molar-refractivity contribution in [3.63, 3.8) is 0 Å². The highest BCUT2D eigenvalue weighted by atomic mass is 19.4. The van der Waals surface area contributed by atoms with Gasteiger partial charge in [0.2, 0.25) is 5.91 Å². The molecule has 3 amide bonds. The molecule has 1 unspecified atom stereocenters. The molecule has 1 aromatic carbocycles. The summed E-state index contributed by atoms with van der Waals surface area (Å²) in [6, 6.07) is 7.51. The number of likely N-dealkylation sites (tertiary alicyclic amines) is 2. The van der Waals surface area contributed by atoms with Crippen LogP contribution in [0.4, 0.5) is 23.7 Å². The van der Waals surface area contributed by atoms with Crippen LogP contribution in [0.1, 0.15) is 17.9 Å². The number of primary amides is 1. The Labute approximate surface area is 161 Å². The summed E-state index contributed by atoms with van der Waals surface area (Å²) in [6.07, 6.45) is -3.50. The van der Waals surface area contributed by atoms with E-state index in [2.05, 4.69) is 0 Å². The number of alkyl halides is 3. The first-order chi connectivity index (χ1) is 13.2. The SMILES string of the molecule is NC(=O)C1CCN(C(=O)N2CC(c3ccc(N4CC(C(F)(F)F)C4)cc3)C2)C1. The molecule has 152 valence electrons. The van der Waals surface area contributed by atoms with E-state index in [1.807, 2.05) is 24.3 Å². The molecule has 0 aromatic heterocycles. The molecule has 3 heterocycles. The van der Waals surface area contributed by atoms with E-state index >= 15 is 0 Å². The third-order valence-electron chi connectivity index (χ3n) is 6.09. The highest BCUT2D eigenvalue weighted by Crippen LogP contribution is 2.37. The van der Waals surface area contributed by atoms with Crippen molar-refractivity contribution in [2.75, 3.05) is 44.2 Å². The van der Waals surface area contributed by atoms with E-state index in [-0.39, 0.29) is 36.9 Å². The second kappa shape index (κ2) is 6.86. The first kappa shape index (κ1) is 18.9. The second-order valence-electron chi connectivity index (χ2n) is 7.95. The maximum atomic E-state index is 12.6. The van der Waals surface area contributed by atoms with Crippen LogP contribution in [0, 0.1) is 11.8 Å². The van der Waals surface area contributed by atoms with Crippen LogP contribution in [-0.4, -0.2) is 67.2 Å². The number of halogens is 3. The smallest absolute Gasteiger partial charge is 0.370 e. The van der Waals surface area contributed by atoms with Gasteiger partial charge in [0.15, 0.2) is 0 Å². The van der Waals surface area contributed by atoms with E-state index in [0.29, 0.717) is 32.6 Å². The molecule has 0 aliphatic carbocycles. The van der Waals surface area contributed by atoms with Crippen molar-refractivity contribution < 1.29 is 22.8 Å². The van der Waals surface area contributed by atoms with E-state index in [1.165, 1.54) is 0 Å². The fourth-order valence-electron chi connectivity index (χ4n) is 4.07.